The molecule has 0 aliphatic rings. The molecule has 2 rings (SSSR count). The summed E-state index contributed by atoms with van der Waals surface area (Å²) in [5.74, 6) is -1.45. The molecule has 0 saturated carbocycles. The zero-order valence-corrected chi connectivity index (χ0v) is 10.7. The van der Waals surface area contributed by atoms with Crippen molar-refractivity contribution in [1.29, 1.82) is 0 Å². The van der Waals surface area contributed by atoms with Gasteiger partial charge in [0.05, 0.1) is 12.2 Å². The highest BCUT2D eigenvalue weighted by molar-refractivity contribution is 9.10. The van der Waals surface area contributed by atoms with E-state index in [-0.39, 0.29) is 6.61 Å². The van der Waals surface area contributed by atoms with Crippen LogP contribution < -0.4 is 0 Å². The third-order valence-electron chi connectivity index (χ3n) is 2.35. The van der Waals surface area contributed by atoms with Crippen molar-refractivity contribution in [3.05, 3.63) is 34.4 Å². The maximum absolute atomic E-state index is 11.8. The molecule has 0 spiro atoms. The summed E-state index contributed by atoms with van der Waals surface area (Å²) in [7, 11) is 0. The SMILES string of the molecule is CCOC(=O)C(=O)c1c[nH]c2ccc(Br)cc12. The highest BCUT2D eigenvalue weighted by Crippen LogP contribution is 2.23. The van der Waals surface area contributed by atoms with Crippen LogP contribution in [0.1, 0.15) is 17.3 Å². The average molecular weight is 296 g/mol. The van der Waals surface area contributed by atoms with Gasteiger partial charge in [0, 0.05) is 21.6 Å². The minimum atomic E-state index is -0.826. The molecule has 2 aromatic rings. The fourth-order valence-corrected chi connectivity index (χ4v) is 1.95. The summed E-state index contributed by atoms with van der Waals surface area (Å²) in [5, 5.41) is 0.706. The Balaban J connectivity index is 2.45. The Morgan fingerprint density at radius 1 is 1.41 bits per heavy atom. The molecule has 4 nitrogen and oxygen atoms in total. The van der Waals surface area contributed by atoms with Crippen LogP contribution in [0.4, 0.5) is 0 Å². The monoisotopic (exact) mass is 295 g/mol. The molecule has 1 aromatic heterocycles. The van der Waals surface area contributed by atoms with Gasteiger partial charge in [-0.3, -0.25) is 4.79 Å². The molecule has 0 aliphatic carbocycles. The summed E-state index contributed by atoms with van der Waals surface area (Å²) >= 11 is 3.33. The van der Waals surface area contributed by atoms with Gasteiger partial charge in [-0.15, -0.1) is 0 Å². The summed E-state index contributed by atoms with van der Waals surface area (Å²) < 4.78 is 5.54. The number of ketones is 1. The Labute approximate surface area is 106 Å². The number of hydrogen-bond acceptors (Lipinski definition) is 3. The van der Waals surface area contributed by atoms with Crippen molar-refractivity contribution in [3.63, 3.8) is 0 Å². The topological polar surface area (TPSA) is 59.2 Å². The molecule has 0 amide bonds. The molecule has 0 aliphatic heterocycles. The second-order valence-electron chi connectivity index (χ2n) is 3.44. The van der Waals surface area contributed by atoms with Gasteiger partial charge in [-0.2, -0.15) is 0 Å². The molecule has 0 saturated heterocycles. The van der Waals surface area contributed by atoms with Gasteiger partial charge in [-0.1, -0.05) is 15.9 Å². The van der Waals surface area contributed by atoms with E-state index in [4.69, 9.17) is 4.74 Å². The lowest BCUT2D eigenvalue weighted by Crippen LogP contribution is -2.17. The highest BCUT2D eigenvalue weighted by atomic mass is 79.9. The minimum Gasteiger partial charge on any atom is -0.460 e. The Morgan fingerprint density at radius 2 is 2.18 bits per heavy atom. The molecule has 17 heavy (non-hydrogen) atoms. The first kappa shape index (κ1) is 11.9. The Kier molecular flexibility index (Phi) is 3.28. The van der Waals surface area contributed by atoms with Gasteiger partial charge in [-0.05, 0) is 25.1 Å². The molecule has 5 heteroatoms. The van der Waals surface area contributed by atoms with Crippen LogP contribution in [0, 0.1) is 0 Å². The van der Waals surface area contributed by atoms with Gasteiger partial charge in [-0.25, -0.2) is 4.79 Å². The number of H-pyrrole nitrogens is 1. The number of rotatable bonds is 3. The number of fused-ring (bicyclic) bond motifs is 1. The van der Waals surface area contributed by atoms with Crippen LogP contribution in [0.15, 0.2) is 28.9 Å². The molecule has 1 aromatic carbocycles. The summed E-state index contributed by atoms with van der Waals surface area (Å²) in [4.78, 5) is 26.1. The summed E-state index contributed by atoms with van der Waals surface area (Å²) in [6, 6.07) is 5.48. The zero-order valence-electron chi connectivity index (χ0n) is 9.12. The number of carbonyl (C=O) groups excluding carboxylic acids is 2. The van der Waals surface area contributed by atoms with Crippen LogP contribution in [0.5, 0.6) is 0 Å². The van der Waals surface area contributed by atoms with Crippen molar-refractivity contribution in [2.75, 3.05) is 6.61 Å². The highest BCUT2D eigenvalue weighted by Gasteiger charge is 2.20. The van der Waals surface area contributed by atoms with E-state index in [1.165, 1.54) is 6.20 Å². The number of Topliss-reactive ketones (excluding diaryl/α,β-unsaturated/α-hetero) is 1. The number of ether oxygens (including phenoxy) is 1. The van der Waals surface area contributed by atoms with E-state index in [1.54, 1.807) is 13.0 Å². The first-order valence-corrected chi connectivity index (χ1v) is 5.91. The molecule has 88 valence electrons. The van der Waals surface area contributed by atoms with Crippen molar-refractivity contribution in [1.82, 2.24) is 4.98 Å². The first-order chi connectivity index (χ1) is 8.13. The molecular weight excluding hydrogens is 286 g/mol. The number of hydrogen-bond donors (Lipinski definition) is 1. The summed E-state index contributed by atoms with van der Waals surface area (Å²) in [6.45, 7) is 1.85. The second-order valence-corrected chi connectivity index (χ2v) is 4.36. The van der Waals surface area contributed by atoms with Gasteiger partial charge in [0.1, 0.15) is 0 Å². The molecule has 1 N–H and O–H groups in total. The molecule has 0 bridgehead atoms. The quantitative estimate of drug-likeness (QED) is 0.538. The maximum Gasteiger partial charge on any atom is 0.379 e. The smallest absolute Gasteiger partial charge is 0.379 e. The van der Waals surface area contributed by atoms with Crippen molar-refractivity contribution < 1.29 is 14.3 Å². The van der Waals surface area contributed by atoms with Crippen molar-refractivity contribution in [2.24, 2.45) is 0 Å². The summed E-state index contributed by atoms with van der Waals surface area (Å²) in [5.41, 5.74) is 1.14. The molecular formula is C12H10BrNO3. The predicted molar refractivity (Wildman–Crippen MR) is 67.0 cm³/mol. The minimum absolute atomic E-state index is 0.191. The van der Waals surface area contributed by atoms with Crippen LogP contribution in [-0.2, 0) is 9.53 Å². The van der Waals surface area contributed by atoms with E-state index in [2.05, 4.69) is 20.9 Å². The number of nitrogens with one attached hydrogen (secondary N) is 1. The van der Waals surface area contributed by atoms with Gasteiger partial charge in [0.25, 0.3) is 5.78 Å². The van der Waals surface area contributed by atoms with E-state index in [9.17, 15) is 9.59 Å². The van der Waals surface area contributed by atoms with Crippen molar-refractivity contribution in [3.8, 4) is 0 Å². The molecule has 0 radical (unpaired) electrons. The first-order valence-electron chi connectivity index (χ1n) is 5.11. The molecule has 0 unspecified atom stereocenters. The Hall–Kier alpha value is -1.62. The number of carbonyl (C=O) groups is 2. The second kappa shape index (κ2) is 4.71. The lowest BCUT2D eigenvalue weighted by Gasteiger charge is -1.99. The molecule has 0 atom stereocenters. The number of esters is 1. The van der Waals surface area contributed by atoms with Crippen LogP contribution >= 0.6 is 15.9 Å². The third kappa shape index (κ3) is 2.24. The van der Waals surface area contributed by atoms with E-state index in [1.807, 2.05) is 12.1 Å². The van der Waals surface area contributed by atoms with Crippen LogP contribution in [-0.4, -0.2) is 23.3 Å². The van der Waals surface area contributed by atoms with Crippen molar-refractivity contribution in [2.45, 2.75) is 6.92 Å². The number of aromatic amines is 1. The van der Waals surface area contributed by atoms with Crippen LogP contribution in [0.2, 0.25) is 0 Å². The Bertz CT molecular complexity index is 588. The third-order valence-corrected chi connectivity index (χ3v) is 2.84. The lowest BCUT2D eigenvalue weighted by atomic mass is 10.1. The largest absolute Gasteiger partial charge is 0.460 e. The van der Waals surface area contributed by atoms with E-state index in [0.29, 0.717) is 10.9 Å². The van der Waals surface area contributed by atoms with E-state index >= 15 is 0 Å². The number of halogens is 1. The normalized spacial score (nSPS) is 10.5. The van der Waals surface area contributed by atoms with E-state index in [0.717, 1.165) is 9.99 Å². The van der Waals surface area contributed by atoms with Gasteiger partial charge in [0.15, 0.2) is 0 Å². The lowest BCUT2D eigenvalue weighted by molar-refractivity contribution is -0.137. The maximum atomic E-state index is 11.8. The average Bonchev–Trinajstić information content (AvgIpc) is 2.71. The van der Waals surface area contributed by atoms with Crippen molar-refractivity contribution >= 4 is 38.6 Å². The molecule has 1 heterocycles. The zero-order chi connectivity index (χ0) is 12.4. The fourth-order valence-electron chi connectivity index (χ4n) is 1.59. The van der Waals surface area contributed by atoms with Crippen LogP contribution in [0.3, 0.4) is 0 Å². The van der Waals surface area contributed by atoms with E-state index < -0.39 is 11.8 Å². The van der Waals surface area contributed by atoms with Gasteiger partial charge in [0.2, 0.25) is 0 Å². The Morgan fingerprint density at radius 3 is 2.88 bits per heavy atom. The van der Waals surface area contributed by atoms with Gasteiger partial charge < -0.3 is 9.72 Å². The predicted octanol–water partition coefficient (Wildman–Crippen LogP) is 2.68. The molecule has 0 fully saturated rings. The standard InChI is InChI=1S/C12H10BrNO3/c1-2-17-12(16)11(15)9-6-14-10-4-3-7(13)5-8(9)10/h3-6,14H,2H2,1H3. The fraction of sp³-hybridized carbons (Fsp3) is 0.167. The summed E-state index contributed by atoms with van der Waals surface area (Å²) in [6.07, 6.45) is 1.52. The number of aromatic nitrogens is 1. The number of benzene rings is 1. The van der Waals surface area contributed by atoms with Gasteiger partial charge >= 0.3 is 5.97 Å². The van der Waals surface area contributed by atoms with Crippen LogP contribution in [0.25, 0.3) is 10.9 Å².